The molecule has 1 aromatic heterocycles. The van der Waals surface area contributed by atoms with Crippen molar-refractivity contribution in [1.29, 1.82) is 0 Å². The number of H-pyrrole nitrogens is 1. The Morgan fingerprint density at radius 2 is 2.11 bits per heavy atom. The van der Waals surface area contributed by atoms with E-state index in [1.807, 2.05) is 0 Å². The molecule has 3 unspecified atom stereocenters. The number of carbonyl (C=O) groups excluding carboxylic acids is 2. The Bertz CT molecular complexity index is 886. The highest BCUT2D eigenvalue weighted by atomic mass is 16.6. The van der Waals surface area contributed by atoms with Crippen molar-refractivity contribution in [3.05, 3.63) is 43.0 Å². The van der Waals surface area contributed by atoms with E-state index in [0.29, 0.717) is 5.56 Å². The molecule has 3 atom stereocenters. The summed E-state index contributed by atoms with van der Waals surface area (Å²) in [5.41, 5.74) is 7.91. The van der Waals surface area contributed by atoms with Crippen LogP contribution in [0.15, 0.2) is 20.9 Å². The monoisotopic (exact) mass is 395 g/mol. The van der Waals surface area contributed by atoms with Gasteiger partial charge in [-0.15, -0.1) is 0 Å². The molecule has 1 aromatic rings. The van der Waals surface area contributed by atoms with E-state index in [4.69, 9.17) is 15.0 Å². The summed E-state index contributed by atoms with van der Waals surface area (Å²) in [6.07, 6.45) is 0.427. The molecule has 12 nitrogen and oxygen atoms in total. The van der Waals surface area contributed by atoms with Crippen molar-refractivity contribution in [2.24, 2.45) is 5.11 Å². The van der Waals surface area contributed by atoms with Gasteiger partial charge in [-0.25, -0.2) is 4.79 Å². The summed E-state index contributed by atoms with van der Waals surface area (Å²) in [5.74, 6) is -0.951. The summed E-state index contributed by atoms with van der Waals surface area (Å²) in [5, 5.41) is 3.64. The molecule has 1 aliphatic heterocycles. The van der Waals surface area contributed by atoms with Gasteiger partial charge >= 0.3 is 17.6 Å². The van der Waals surface area contributed by atoms with Gasteiger partial charge in [0.1, 0.15) is 18.9 Å². The van der Waals surface area contributed by atoms with E-state index >= 15 is 0 Å². The Morgan fingerprint density at radius 1 is 1.39 bits per heavy atom. The minimum atomic E-state index is -0.776. The average Bonchev–Trinajstić information content (AvgIpc) is 3.05. The van der Waals surface area contributed by atoms with Gasteiger partial charge in [0.2, 0.25) is 0 Å². The average molecular weight is 395 g/mol. The maximum Gasteiger partial charge on any atom is 0.330 e. The van der Waals surface area contributed by atoms with Gasteiger partial charge in [-0.05, 0) is 18.9 Å². The van der Waals surface area contributed by atoms with E-state index in [1.165, 1.54) is 17.9 Å². The minimum absolute atomic E-state index is 0.0238. The molecule has 0 spiro atoms. The first-order valence-electron chi connectivity index (χ1n) is 8.60. The zero-order valence-electron chi connectivity index (χ0n) is 15.5. The number of hydrogen-bond donors (Lipinski definition) is 1. The molecule has 28 heavy (non-hydrogen) atoms. The molecule has 2 heterocycles. The molecule has 1 N–H and O–H groups in total. The Labute approximate surface area is 159 Å². The molecule has 0 amide bonds. The van der Waals surface area contributed by atoms with Crippen LogP contribution < -0.4 is 11.2 Å². The van der Waals surface area contributed by atoms with Crippen LogP contribution in [-0.2, 0) is 23.8 Å². The van der Waals surface area contributed by atoms with E-state index in [9.17, 15) is 19.2 Å². The third kappa shape index (κ3) is 5.44. The summed E-state index contributed by atoms with van der Waals surface area (Å²) in [7, 11) is 1.26. The summed E-state index contributed by atoms with van der Waals surface area (Å²) in [6.45, 7) is 1.37. The fraction of sp³-hybridized carbons (Fsp3) is 0.625. The van der Waals surface area contributed by atoms with Crippen molar-refractivity contribution in [1.82, 2.24) is 9.55 Å². The molecule has 2 rings (SSSR count). The fourth-order valence-electron chi connectivity index (χ4n) is 2.75. The number of rotatable bonds is 8. The summed E-state index contributed by atoms with van der Waals surface area (Å²) >= 11 is 0. The number of azide groups is 1. The number of aryl methyl sites for hydroxylation is 1. The highest BCUT2D eigenvalue weighted by molar-refractivity contribution is 5.72. The Kier molecular flexibility index (Phi) is 7.36. The number of hydrogen-bond acceptors (Lipinski definition) is 8. The molecule has 12 heteroatoms. The van der Waals surface area contributed by atoms with Crippen molar-refractivity contribution in [3.8, 4) is 0 Å². The van der Waals surface area contributed by atoms with E-state index in [-0.39, 0.29) is 32.3 Å². The summed E-state index contributed by atoms with van der Waals surface area (Å²) in [6, 6.07) is -0.656. The maximum absolute atomic E-state index is 12.0. The van der Waals surface area contributed by atoms with Crippen LogP contribution in [-0.4, -0.2) is 47.4 Å². The highest BCUT2D eigenvalue weighted by Crippen LogP contribution is 2.30. The molecule has 0 aromatic carbocycles. The van der Waals surface area contributed by atoms with Crippen LogP contribution in [0.4, 0.5) is 0 Å². The predicted octanol–water partition coefficient (Wildman–Crippen LogP) is 0.698. The van der Waals surface area contributed by atoms with Crippen LogP contribution in [0.5, 0.6) is 0 Å². The number of carbonyl (C=O) groups is 2. The molecule has 1 saturated heterocycles. The number of aromatic amines is 1. The van der Waals surface area contributed by atoms with Crippen molar-refractivity contribution < 1.29 is 23.8 Å². The first kappa shape index (κ1) is 21.2. The molecule has 0 radical (unpaired) electrons. The van der Waals surface area contributed by atoms with E-state index in [1.54, 1.807) is 6.92 Å². The van der Waals surface area contributed by atoms with Gasteiger partial charge in [0.05, 0.1) is 13.2 Å². The largest absolute Gasteiger partial charge is 0.469 e. The molecule has 1 aliphatic rings. The molecule has 0 bridgehead atoms. The second-order valence-electron chi connectivity index (χ2n) is 6.23. The van der Waals surface area contributed by atoms with Crippen LogP contribution in [0.3, 0.4) is 0 Å². The van der Waals surface area contributed by atoms with Crippen LogP contribution in [0.25, 0.3) is 10.4 Å². The van der Waals surface area contributed by atoms with Crippen molar-refractivity contribution in [2.75, 3.05) is 13.7 Å². The molecule has 0 saturated carbocycles. The van der Waals surface area contributed by atoms with Gasteiger partial charge in [0.15, 0.2) is 0 Å². The summed E-state index contributed by atoms with van der Waals surface area (Å²) < 4.78 is 16.5. The van der Waals surface area contributed by atoms with Crippen LogP contribution in [0.2, 0.25) is 0 Å². The summed E-state index contributed by atoms with van der Waals surface area (Å²) in [4.78, 5) is 51.3. The number of methoxy groups -OCH3 is 1. The van der Waals surface area contributed by atoms with Crippen molar-refractivity contribution in [3.63, 3.8) is 0 Å². The SMILES string of the molecule is COC(=O)CCCC(=O)OCC1OC(n2cc(C)c(=O)[nH]c2=O)CC1N=[N+]=[N-]. The lowest BCUT2D eigenvalue weighted by molar-refractivity contribution is -0.149. The van der Waals surface area contributed by atoms with Gasteiger partial charge < -0.3 is 14.2 Å². The van der Waals surface area contributed by atoms with E-state index < -0.39 is 41.6 Å². The topological polar surface area (TPSA) is 165 Å². The van der Waals surface area contributed by atoms with Crippen LogP contribution in [0.1, 0.15) is 37.5 Å². The second kappa shape index (κ2) is 9.72. The standard InChI is InChI=1S/C16H21N5O7/c1-9-7-21(16(25)18-15(9)24)12-6-10(19-20-17)11(28-12)8-27-14(23)5-3-4-13(22)26-2/h7,10-12H,3-6,8H2,1-2H3,(H,18,24,25). The molecule has 1 fully saturated rings. The van der Waals surface area contributed by atoms with Gasteiger partial charge in [0, 0.05) is 35.9 Å². The lowest BCUT2D eigenvalue weighted by Crippen LogP contribution is -2.33. The fourth-order valence-corrected chi connectivity index (χ4v) is 2.75. The number of aromatic nitrogens is 2. The lowest BCUT2D eigenvalue weighted by Gasteiger charge is -2.16. The van der Waals surface area contributed by atoms with Crippen molar-refractivity contribution >= 4 is 11.9 Å². The minimum Gasteiger partial charge on any atom is -0.469 e. The zero-order valence-corrected chi connectivity index (χ0v) is 15.5. The van der Waals surface area contributed by atoms with Crippen LogP contribution >= 0.6 is 0 Å². The smallest absolute Gasteiger partial charge is 0.330 e. The Balaban J connectivity index is 1.98. The Morgan fingerprint density at radius 3 is 2.79 bits per heavy atom. The maximum atomic E-state index is 12.0. The number of nitrogens with one attached hydrogen (secondary N) is 1. The van der Waals surface area contributed by atoms with E-state index in [0.717, 1.165) is 0 Å². The molecule has 0 aliphatic carbocycles. The quantitative estimate of drug-likeness (QED) is 0.293. The van der Waals surface area contributed by atoms with Gasteiger partial charge in [0.25, 0.3) is 5.56 Å². The Hall–Kier alpha value is -3.11. The number of esters is 2. The number of nitrogens with zero attached hydrogens (tertiary/aromatic N) is 4. The molecular formula is C16H21N5O7. The third-order valence-electron chi connectivity index (χ3n) is 4.26. The van der Waals surface area contributed by atoms with Gasteiger partial charge in [-0.1, -0.05) is 5.11 Å². The third-order valence-corrected chi connectivity index (χ3v) is 4.26. The first-order valence-corrected chi connectivity index (χ1v) is 8.60. The van der Waals surface area contributed by atoms with Crippen LogP contribution in [0, 0.1) is 6.92 Å². The number of ether oxygens (including phenoxy) is 3. The lowest BCUT2D eigenvalue weighted by atomic mass is 10.1. The highest BCUT2D eigenvalue weighted by Gasteiger charge is 2.37. The predicted molar refractivity (Wildman–Crippen MR) is 94.3 cm³/mol. The van der Waals surface area contributed by atoms with E-state index in [2.05, 4.69) is 19.7 Å². The normalized spacial score (nSPS) is 21.0. The van der Waals surface area contributed by atoms with Gasteiger partial charge in [-0.3, -0.25) is 23.9 Å². The molecule has 152 valence electrons. The first-order chi connectivity index (χ1) is 13.3. The zero-order chi connectivity index (χ0) is 20.7. The molecular weight excluding hydrogens is 374 g/mol. The van der Waals surface area contributed by atoms with Gasteiger partial charge in [-0.2, -0.15) is 0 Å². The second-order valence-corrected chi connectivity index (χ2v) is 6.23. The van der Waals surface area contributed by atoms with Crippen molar-refractivity contribution in [2.45, 2.75) is 51.0 Å².